The van der Waals surface area contributed by atoms with Crippen molar-refractivity contribution in [3.63, 3.8) is 0 Å². The summed E-state index contributed by atoms with van der Waals surface area (Å²) in [5.41, 5.74) is -0.745. The predicted octanol–water partition coefficient (Wildman–Crippen LogP) is 2.53. The minimum atomic E-state index is -0.745. The van der Waals surface area contributed by atoms with E-state index < -0.39 is 11.7 Å². The zero-order valence-corrected chi connectivity index (χ0v) is 12.3. The van der Waals surface area contributed by atoms with Gasteiger partial charge in [0, 0.05) is 11.6 Å². The summed E-state index contributed by atoms with van der Waals surface area (Å²) >= 11 is 5.86. The van der Waals surface area contributed by atoms with Crippen molar-refractivity contribution in [3.8, 4) is 5.75 Å². The van der Waals surface area contributed by atoms with Crippen LogP contribution < -0.4 is 10.1 Å². The molecule has 1 aromatic rings. The normalized spacial score (nSPS) is 18.6. The van der Waals surface area contributed by atoms with Gasteiger partial charge in [0.2, 0.25) is 0 Å². The Morgan fingerprint density at radius 2 is 2.20 bits per heavy atom. The average molecular weight is 298 g/mol. The summed E-state index contributed by atoms with van der Waals surface area (Å²) in [6.45, 7) is 1.96. The molecule has 1 amide bonds. The van der Waals surface area contributed by atoms with E-state index >= 15 is 0 Å². The number of aliphatic hydroxyl groups is 1. The average Bonchev–Trinajstić information content (AvgIpc) is 2.83. The van der Waals surface area contributed by atoms with Gasteiger partial charge in [0.1, 0.15) is 5.75 Å². The van der Waals surface area contributed by atoms with Crippen molar-refractivity contribution < 1.29 is 14.6 Å². The smallest absolute Gasteiger partial charge is 0.260 e. The van der Waals surface area contributed by atoms with Crippen LogP contribution in [0.4, 0.5) is 0 Å². The Balaban J connectivity index is 1.83. The quantitative estimate of drug-likeness (QED) is 0.878. The van der Waals surface area contributed by atoms with Gasteiger partial charge in [-0.1, -0.05) is 30.5 Å². The molecule has 0 bridgehead atoms. The number of nitrogens with one attached hydrogen (secondary N) is 1. The number of carbonyl (C=O) groups excluding carboxylic acids is 1. The molecule has 1 unspecified atom stereocenters. The summed E-state index contributed by atoms with van der Waals surface area (Å²) in [6.07, 6.45) is 2.90. The zero-order chi connectivity index (χ0) is 14.6. The van der Waals surface area contributed by atoms with Crippen molar-refractivity contribution in [2.75, 3.05) is 6.54 Å². The Kier molecular flexibility index (Phi) is 4.89. The van der Waals surface area contributed by atoms with Gasteiger partial charge in [-0.3, -0.25) is 4.79 Å². The van der Waals surface area contributed by atoms with E-state index in [9.17, 15) is 9.90 Å². The van der Waals surface area contributed by atoms with E-state index in [1.54, 1.807) is 31.2 Å². The molecule has 0 aromatic heterocycles. The van der Waals surface area contributed by atoms with Crippen molar-refractivity contribution in [1.82, 2.24) is 5.32 Å². The van der Waals surface area contributed by atoms with Crippen LogP contribution in [0.25, 0.3) is 0 Å². The Labute approximate surface area is 124 Å². The summed E-state index contributed by atoms with van der Waals surface area (Å²) in [5, 5.41) is 13.5. The molecule has 1 aliphatic carbocycles. The number of halogens is 1. The molecule has 20 heavy (non-hydrogen) atoms. The van der Waals surface area contributed by atoms with E-state index in [4.69, 9.17) is 16.3 Å². The maximum absolute atomic E-state index is 12.0. The fourth-order valence-corrected chi connectivity index (χ4v) is 2.58. The van der Waals surface area contributed by atoms with Gasteiger partial charge in [0.15, 0.2) is 6.10 Å². The van der Waals surface area contributed by atoms with E-state index in [1.165, 1.54) is 0 Å². The first kappa shape index (κ1) is 15.1. The second-order valence-corrected chi connectivity index (χ2v) is 5.80. The highest BCUT2D eigenvalue weighted by molar-refractivity contribution is 6.30. The highest BCUT2D eigenvalue weighted by Crippen LogP contribution is 2.28. The van der Waals surface area contributed by atoms with Crippen LogP contribution in [-0.2, 0) is 4.79 Å². The van der Waals surface area contributed by atoms with Crippen molar-refractivity contribution >= 4 is 17.5 Å². The molecular weight excluding hydrogens is 278 g/mol. The molecule has 1 atom stereocenters. The molecule has 0 saturated heterocycles. The van der Waals surface area contributed by atoms with Crippen molar-refractivity contribution in [2.45, 2.75) is 44.3 Å². The maximum atomic E-state index is 12.0. The molecule has 0 aliphatic heterocycles. The molecule has 1 fully saturated rings. The van der Waals surface area contributed by atoms with Crippen molar-refractivity contribution in [2.24, 2.45) is 0 Å². The number of hydrogen-bond acceptors (Lipinski definition) is 3. The Bertz CT molecular complexity index is 472. The lowest BCUT2D eigenvalue weighted by molar-refractivity contribution is -0.128. The van der Waals surface area contributed by atoms with E-state index in [0.29, 0.717) is 10.8 Å². The molecule has 0 radical (unpaired) electrons. The number of rotatable bonds is 5. The molecule has 4 nitrogen and oxygen atoms in total. The summed E-state index contributed by atoms with van der Waals surface area (Å²) in [7, 11) is 0. The van der Waals surface area contributed by atoms with E-state index in [0.717, 1.165) is 25.7 Å². The van der Waals surface area contributed by atoms with Gasteiger partial charge in [0.05, 0.1) is 5.60 Å². The topological polar surface area (TPSA) is 58.6 Å². The number of ether oxygens (including phenoxy) is 1. The Hall–Kier alpha value is -1.26. The van der Waals surface area contributed by atoms with E-state index in [-0.39, 0.29) is 12.5 Å². The summed E-state index contributed by atoms with van der Waals surface area (Å²) in [6, 6.07) is 6.92. The third-order valence-corrected chi connectivity index (χ3v) is 3.84. The first-order valence-electron chi connectivity index (χ1n) is 6.91. The number of hydrogen-bond donors (Lipinski definition) is 2. The predicted molar refractivity (Wildman–Crippen MR) is 78.0 cm³/mol. The highest BCUT2D eigenvalue weighted by Gasteiger charge is 2.31. The molecule has 1 saturated carbocycles. The van der Waals surface area contributed by atoms with Crippen LogP contribution in [0.2, 0.25) is 5.02 Å². The third kappa shape index (κ3) is 4.12. The van der Waals surface area contributed by atoms with Crippen LogP contribution in [0.15, 0.2) is 24.3 Å². The van der Waals surface area contributed by atoms with Crippen LogP contribution >= 0.6 is 11.6 Å². The van der Waals surface area contributed by atoms with E-state index in [2.05, 4.69) is 5.32 Å². The Morgan fingerprint density at radius 1 is 1.50 bits per heavy atom. The van der Waals surface area contributed by atoms with Gasteiger partial charge in [-0.15, -0.1) is 0 Å². The number of carbonyl (C=O) groups is 1. The molecular formula is C15H20ClNO3. The van der Waals surface area contributed by atoms with Crippen LogP contribution in [0, 0.1) is 0 Å². The van der Waals surface area contributed by atoms with Crippen LogP contribution in [0.1, 0.15) is 32.6 Å². The second kappa shape index (κ2) is 6.46. The van der Waals surface area contributed by atoms with Crippen LogP contribution in [-0.4, -0.2) is 29.3 Å². The molecule has 0 heterocycles. The minimum absolute atomic E-state index is 0.231. The Morgan fingerprint density at radius 3 is 2.85 bits per heavy atom. The van der Waals surface area contributed by atoms with Gasteiger partial charge < -0.3 is 15.2 Å². The van der Waals surface area contributed by atoms with Crippen LogP contribution in [0.5, 0.6) is 5.75 Å². The molecule has 5 heteroatoms. The van der Waals surface area contributed by atoms with Gasteiger partial charge in [-0.25, -0.2) is 0 Å². The third-order valence-electron chi connectivity index (χ3n) is 3.60. The first-order valence-corrected chi connectivity index (χ1v) is 7.29. The van der Waals surface area contributed by atoms with Gasteiger partial charge in [0.25, 0.3) is 5.91 Å². The first-order chi connectivity index (χ1) is 9.48. The number of benzene rings is 1. The molecule has 2 N–H and O–H groups in total. The molecule has 0 spiro atoms. The maximum Gasteiger partial charge on any atom is 0.260 e. The number of amides is 1. The molecule has 1 aromatic carbocycles. The summed E-state index contributed by atoms with van der Waals surface area (Å²) in [4.78, 5) is 12.0. The lowest BCUT2D eigenvalue weighted by atomic mass is 10.0. The standard InChI is InChI=1S/C15H20ClNO3/c1-11(20-13-6-4-5-12(16)9-13)14(18)17-10-15(19)7-2-3-8-15/h4-6,9,11,19H,2-3,7-8,10H2,1H3,(H,17,18). The molecule has 2 rings (SSSR count). The molecule has 110 valence electrons. The van der Waals surface area contributed by atoms with E-state index in [1.807, 2.05) is 0 Å². The lowest BCUT2D eigenvalue weighted by Gasteiger charge is -2.23. The minimum Gasteiger partial charge on any atom is -0.481 e. The lowest BCUT2D eigenvalue weighted by Crippen LogP contribution is -2.45. The van der Waals surface area contributed by atoms with Crippen molar-refractivity contribution in [1.29, 1.82) is 0 Å². The fraction of sp³-hybridized carbons (Fsp3) is 0.533. The van der Waals surface area contributed by atoms with Gasteiger partial charge >= 0.3 is 0 Å². The SMILES string of the molecule is CC(Oc1cccc(Cl)c1)C(=O)NCC1(O)CCCC1. The summed E-state index contributed by atoms with van der Waals surface area (Å²) < 4.78 is 5.53. The van der Waals surface area contributed by atoms with Gasteiger partial charge in [-0.2, -0.15) is 0 Å². The van der Waals surface area contributed by atoms with Gasteiger partial charge in [-0.05, 0) is 38.0 Å². The summed E-state index contributed by atoms with van der Waals surface area (Å²) in [5.74, 6) is 0.324. The monoisotopic (exact) mass is 297 g/mol. The van der Waals surface area contributed by atoms with Crippen molar-refractivity contribution in [3.05, 3.63) is 29.3 Å². The highest BCUT2D eigenvalue weighted by atomic mass is 35.5. The molecule has 1 aliphatic rings. The largest absolute Gasteiger partial charge is 0.481 e. The second-order valence-electron chi connectivity index (χ2n) is 5.37. The van der Waals surface area contributed by atoms with Crippen LogP contribution in [0.3, 0.4) is 0 Å². The fourth-order valence-electron chi connectivity index (χ4n) is 2.40. The zero-order valence-electron chi connectivity index (χ0n) is 11.6.